The zero-order chi connectivity index (χ0) is 15.7. The van der Waals surface area contributed by atoms with Gasteiger partial charge in [-0.15, -0.1) is 12.4 Å². The second-order valence-corrected chi connectivity index (χ2v) is 7.85. The van der Waals surface area contributed by atoms with E-state index in [4.69, 9.17) is 0 Å². The Balaban J connectivity index is 0.00000192. The highest BCUT2D eigenvalue weighted by Crippen LogP contribution is 2.24. The lowest BCUT2D eigenvalue weighted by atomic mass is 10.1. The van der Waals surface area contributed by atoms with E-state index in [-0.39, 0.29) is 30.1 Å². The molecule has 1 atom stereocenters. The summed E-state index contributed by atoms with van der Waals surface area (Å²) < 4.78 is 25.3. The topological polar surface area (TPSA) is 69.7 Å². The molecule has 0 spiro atoms. The Kier molecular flexibility index (Phi) is 5.54. The second kappa shape index (κ2) is 7.07. The molecule has 1 N–H and O–H groups in total. The summed E-state index contributed by atoms with van der Waals surface area (Å²) in [5.74, 6) is 0.205. The lowest BCUT2D eigenvalue weighted by Crippen LogP contribution is -2.52. The molecule has 23 heavy (non-hydrogen) atoms. The number of nitrogens with zero attached hydrogens (tertiary/aromatic N) is 2. The van der Waals surface area contributed by atoms with E-state index >= 15 is 0 Å². The Labute approximate surface area is 143 Å². The quantitative estimate of drug-likeness (QED) is 0.858. The number of nitrogens with one attached hydrogen (secondary N) is 1. The predicted octanol–water partition coefficient (Wildman–Crippen LogP) is 1.08. The fraction of sp³-hybridized carbons (Fsp3) is 0.533. The first-order chi connectivity index (χ1) is 10.5. The van der Waals surface area contributed by atoms with Crippen LogP contribution in [0.2, 0.25) is 0 Å². The first kappa shape index (κ1) is 18.0. The van der Waals surface area contributed by atoms with Crippen molar-refractivity contribution in [3.63, 3.8) is 0 Å². The van der Waals surface area contributed by atoms with Crippen molar-refractivity contribution in [2.45, 2.75) is 19.4 Å². The molecule has 1 aromatic rings. The number of anilines is 1. The van der Waals surface area contributed by atoms with Gasteiger partial charge in [-0.2, -0.15) is 0 Å². The highest BCUT2D eigenvalue weighted by atomic mass is 35.5. The third-order valence-corrected chi connectivity index (χ3v) is 6.13. The molecule has 2 fully saturated rings. The molecule has 0 aromatic heterocycles. The van der Waals surface area contributed by atoms with Crippen molar-refractivity contribution >= 4 is 34.0 Å². The number of piperazine rings is 1. The minimum absolute atomic E-state index is 0. The van der Waals surface area contributed by atoms with Crippen LogP contribution >= 0.6 is 12.4 Å². The lowest BCUT2D eigenvalue weighted by Gasteiger charge is -2.34. The number of halogens is 1. The molecule has 6 nitrogen and oxygen atoms in total. The average Bonchev–Trinajstić information content (AvgIpc) is 2.87. The van der Waals surface area contributed by atoms with E-state index in [9.17, 15) is 13.2 Å². The molecule has 0 aliphatic carbocycles. The minimum atomic E-state index is -3.17. The monoisotopic (exact) mass is 359 g/mol. The fourth-order valence-electron chi connectivity index (χ4n) is 3.01. The summed E-state index contributed by atoms with van der Waals surface area (Å²) in [5, 5.41) is 3.26. The highest BCUT2D eigenvalue weighted by Gasteiger charge is 2.29. The van der Waals surface area contributed by atoms with Crippen molar-refractivity contribution < 1.29 is 13.2 Å². The summed E-state index contributed by atoms with van der Waals surface area (Å²) in [5.41, 5.74) is 1.25. The molecule has 0 bridgehead atoms. The van der Waals surface area contributed by atoms with Crippen molar-refractivity contribution in [1.29, 1.82) is 0 Å². The molecule has 2 aliphatic rings. The number of hydrogen-bond donors (Lipinski definition) is 1. The molecule has 8 heteroatoms. The number of carbonyl (C=O) groups excluding carboxylic acids is 1. The molecular formula is C15H22ClN3O3S. The summed E-state index contributed by atoms with van der Waals surface area (Å²) in [4.78, 5) is 14.4. The van der Waals surface area contributed by atoms with Crippen molar-refractivity contribution in [1.82, 2.24) is 10.2 Å². The fourth-order valence-corrected chi connectivity index (χ4v) is 4.57. The van der Waals surface area contributed by atoms with E-state index in [0.29, 0.717) is 30.8 Å². The Morgan fingerprint density at radius 1 is 1.22 bits per heavy atom. The van der Waals surface area contributed by atoms with Crippen LogP contribution in [0.15, 0.2) is 24.3 Å². The van der Waals surface area contributed by atoms with Crippen LogP contribution in [0.1, 0.15) is 23.7 Å². The van der Waals surface area contributed by atoms with Gasteiger partial charge >= 0.3 is 0 Å². The smallest absolute Gasteiger partial charge is 0.254 e. The maximum absolute atomic E-state index is 12.5. The van der Waals surface area contributed by atoms with E-state index < -0.39 is 10.0 Å². The lowest BCUT2D eigenvalue weighted by molar-refractivity contribution is 0.0656. The Hall–Kier alpha value is -1.31. The van der Waals surface area contributed by atoms with Crippen LogP contribution < -0.4 is 9.62 Å². The molecule has 1 amide bonds. The Bertz CT molecular complexity index is 663. The van der Waals surface area contributed by atoms with Gasteiger partial charge in [0.15, 0.2) is 0 Å². The van der Waals surface area contributed by atoms with Crippen LogP contribution in [0.5, 0.6) is 0 Å². The zero-order valence-corrected chi connectivity index (χ0v) is 14.7. The largest absolute Gasteiger partial charge is 0.333 e. The van der Waals surface area contributed by atoms with Gasteiger partial charge in [-0.3, -0.25) is 9.10 Å². The average molecular weight is 360 g/mol. The van der Waals surface area contributed by atoms with E-state index in [1.165, 1.54) is 4.31 Å². The summed E-state index contributed by atoms with van der Waals surface area (Å²) >= 11 is 0. The van der Waals surface area contributed by atoms with Crippen molar-refractivity contribution in [3.05, 3.63) is 29.8 Å². The summed E-state index contributed by atoms with van der Waals surface area (Å²) in [7, 11) is -3.17. The third-order valence-electron chi connectivity index (χ3n) is 4.26. The van der Waals surface area contributed by atoms with E-state index in [0.717, 1.165) is 13.1 Å². The first-order valence-electron chi connectivity index (χ1n) is 7.61. The van der Waals surface area contributed by atoms with Crippen LogP contribution in [-0.4, -0.2) is 57.2 Å². The number of carbonyl (C=O) groups is 1. The number of sulfonamides is 1. The number of rotatable bonds is 2. The summed E-state index contributed by atoms with van der Waals surface area (Å²) in [6.45, 7) is 4.85. The van der Waals surface area contributed by atoms with Gasteiger partial charge in [-0.25, -0.2) is 8.42 Å². The molecule has 0 saturated carbocycles. The van der Waals surface area contributed by atoms with Crippen LogP contribution in [0.25, 0.3) is 0 Å². The molecule has 128 valence electrons. The minimum Gasteiger partial charge on any atom is -0.333 e. The van der Waals surface area contributed by atoms with Gasteiger partial charge < -0.3 is 10.2 Å². The van der Waals surface area contributed by atoms with E-state index in [2.05, 4.69) is 5.32 Å². The van der Waals surface area contributed by atoms with Gasteiger partial charge in [0.25, 0.3) is 5.91 Å². The summed E-state index contributed by atoms with van der Waals surface area (Å²) in [6.07, 6.45) is 0.654. The molecule has 0 unspecified atom stereocenters. The van der Waals surface area contributed by atoms with Gasteiger partial charge in [0.05, 0.1) is 11.4 Å². The number of hydrogen-bond acceptors (Lipinski definition) is 4. The molecule has 3 rings (SSSR count). The third kappa shape index (κ3) is 3.62. The number of benzene rings is 1. The van der Waals surface area contributed by atoms with Crippen LogP contribution in [-0.2, 0) is 10.0 Å². The first-order valence-corrected chi connectivity index (χ1v) is 9.22. The van der Waals surface area contributed by atoms with Crippen LogP contribution in [0.3, 0.4) is 0 Å². The van der Waals surface area contributed by atoms with E-state index in [1.807, 2.05) is 11.8 Å². The predicted molar refractivity (Wildman–Crippen MR) is 92.8 cm³/mol. The SMILES string of the molecule is C[C@@H]1CNCCN1C(=O)c1ccc(N2CCCS2(=O)=O)cc1.Cl. The Morgan fingerprint density at radius 2 is 1.91 bits per heavy atom. The molecule has 2 saturated heterocycles. The van der Waals surface area contributed by atoms with Gasteiger partial charge in [-0.05, 0) is 37.6 Å². The van der Waals surface area contributed by atoms with Gasteiger partial charge in [0.2, 0.25) is 10.0 Å². The van der Waals surface area contributed by atoms with Crippen LogP contribution in [0, 0.1) is 0 Å². The molecular weight excluding hydrogens is 338 g/mol. The molecule has 1 aromatic carbocycles. The van der Waals surface area contributed by atoms with Crippen molar-refractivity contribution in [2.24, 2.45) is 0 Å². The maximum atomic E-state index is 12.5. The standard InChI is InChI=1S/C15H21N3O3S.ClH/c1-12-11-16-7-9-17(12)15(19)13-3-5-14(6-4-13)18-8-2-10-22(18,20)21;/h3-6,12,16H,2,7-11H2,1H3;1H/t12-;/m1./s1. The van der Waals surface area contributed by atoms with Gasteiger partial charge in [-0.1, -0.05) is 0 Å². The van der Waals surface area contributed by atoms with Crippen molar-refractivity contribution in [2.75, 3.05) is 36.2 Å². The molecule has 0 radical (unpaired) electrons. The summed E-state index contributed by atoms with van der Waals surface area (Å²) in [6, 6.07) is 7.06. The second-order valence-electron chi connectivity index (χ2n) is 5.84. The molecule has 2 aliphatic heterocycles. The van der Waals surface area contributed by atoms with Crippen LogP contribution in [0.4, 0.5) is 5.69 Å². The number of amides is 1. The Morgan fingerprint density at radius 3 is 2.48 bits per heavy atom. The highest BCUT2D eigenvalue weighted by molar-refractivity contribution is 7.93. The normalized spacial score (nSPS) is 23.4. The van der Waals surface area contributed by atoms with Crippen molar-refractivity contribution in [3.8, 4) is 0 Å². The van der Waals surface area contributed by atoms with Gasteiger partial charge in [0, 0.05) is 37.8 Å². The van der Waals surface area contributed by atoms with E-state index in [1.54, 1.807) is 24.3 Å². The maximum Gasteiger partial charge on any atom is 0.254 e. The zero-order valence-electron chi connectivity index (χ0n) is 13.1. The molecule has 2 heterocycles. The van der Waals surface area contributed by atoms with Gasteiger partial charge in [0.1, 0.15) is 0 Å².